The largest absolute Gasteiger partial charge is 0.465 e. The molecule has 1 aliphatic heterocycles. The zero-order valence-electron chi connectivity index (χ0n) is 17.7. The van der Waals surface area contributed by atoms with Crippen molar-refractivity contribution in [3.05, 3.63) is 77.8 Å². The predicted octanol–water partition coefficient (Wildman–Crippen LogP) is 4.76. The third kappa shape index (κ3) is 4.32. The van der Waals surface area contributed by atoms with Gasteiger partial charge in [0, 0.05) is 18.3 Å². The Labute approximate surface area is 187 Å². The molecule has 7 heteroatoms. The van der Waals surface area contributed by atoms with E-state index < -0.39 is 0 Å². The summed E-state index contributed by atoms with van der Waals surface area (Å²) in [6, 6.07) is 16.8. The van der Waals surface area contributed by atoms with Crippen LogP contribution in [0.4, 0.5) is 0 Å². The predicted molar refractivity (Wildman–Crippen MR) is 122 cm³/mol. The fraction of sp³-hybridized carbons (Fsp3) is 0.292. The van der Waals surface area contributed by atoms with Crippen LogP contribution < -0.4 is 5.32 Å². The van der Waals surface area contributed by atoms with E-state index in [1.54, 1.807) is 18.3 Å². The molecule has 2 aromatic heterocycles. The molecule has 1 aliphatic rings. The van der Waals surface area contributed by atoms with Crippen LogP contribution in [0.3, 0.4) is 0 Å². The summed E-state index contributed by atoms with van der Waals surface area (Å²) in [5.74, 6) is 1.62. The molecule has 4 rings (SSSR count). The van der Waals surface area contributed by atoms with Gasteiger partial charge >= 0.3 is 5.97 Å². The van der Waals surface area contributed by atoms with Gasteiger partial charge in [0.05, 0.1) is 24.4 Å². The third-order valence-electron chi connectivity index (χ3n) is 5.27. The number of benzene rings is 1. The summed E-state index contributed by atoms with van der Waals surface area (Å²) in [4.78, 5) is 18.4. The number of nitrogens with one attached hydrogen (secondary N) is 1. The number of esters is 1. The van der Waals surface area contributed by atoms with E-state index in [2.05, 4.69) is 29.0 Å². The molecule has 31 heavy (non-hydrogen) atoms. The van der Waals surface area contributed by atoms with Crippen LogP contribution in [0.5, 0.6) is 0 Å². The van der Waals surface area contributed by atoms with E-state index in [9.17, 15) is 4.79 Å². The van der Waals surface area contributed by atoms with Crippen LogP contribution in [0.2, 0.25) is 0 Å². The molecule has 0 amide bonds. The maximum Gasteiger partial charge on any atom is 0.337 e. The molecular formula is C24H25N3O3S. The number of pyridine rings is 1. The van der Waals surface area contributed by atoms with Crippen LogP contribution in [0, 0.1) is 5.92 Å². The van der Waals surface area contributed by atoms with Gasteiger partial charge in [0.2, 0.25) is 0 Å². The van der Waals surface area contributed by atoms with Gasteiger partial charge in [-0.25, -0.2) is 4.79 Å². The lowest BCUT2D eigenvalue weighted by molar-refractivity contribution is 0.0600. The highest BCUT2D eigenvalue weighted by atomic mass is 32.1. The van der Waals surface area contributed by atoms with E-state index in [4.69, 9.17) is 21.4 Å². The molecule has 0 radical (unpaired) electrons. The summed E-state index contributed by atoms with van der Waals surface area (Å²) in [7, 11) is 1.37. The first-order chi connectivity index (χ1) is 15.0. The molecule has 0 spiro atoms. The maximum absolute atomic E-state index is 11.7. The number of nitrogens with zero attached hydrogens (tertiary/aromatic N) is 2. The van der Waals surface area contributed by atoms with Crippen molar-refractivity contribution in [1.82, 2.24) is 15.2 Å². The summed E-state index contributed by atoms with van der Waals surface area (Å²) in [5.41, 5.74) is 2.31. The Hall–Kier alpha value is -3.19. The summed E-state index contributed by atoms with van der Waals surface area (Å²) >= 11 is 5.67. The van der Waals surface area contributed by atoms with E-state index in [-0.39, 0.29) is 18.1 Å². The van der Waals surface area contributed by atoms with Crippen LogP contribution in [0.1, 0.15) is 47.7 Å². The summed E-state index contributed by atoms with van der Waals surface area (Å²) in [6.45, 7) is 5.15. The minimum absolute atomic E-state index is 0.104. The Morgan fingerprint density at radius 2 is 1.97 bits per heavy atom. The fourth-order valence-corrected chi connectivity index (χ4v) is 4.17. The molecule has 0 bridgehead atoms. The lowest BCUT2D eigenvalue weighted by Crippen LogP contribution is -2.32. The number of carbonyl (C=O) groups excluding carboxylic acids is 1. The van der Waals surface area contributed by atoms with Crippen LogP contribution in [-0.4, -0.2) is 34.6 Å². The third-order valence-corrected chi connectivity index (χ3v) is 5.62. The number of carbonyl (C=O) groups is 1. The first-order valence-electron chi connectivity index (χ1n) is 10.2. The second kappa shape index (κ2) is 8.89. The van der Waals surface area contributed by atoms with E-state index in [0.717, 1.165) is 29.3 Å². The van der Waals surface area contributed by atoms with Gasteiger partial charge in [-0.15, -0.1) is 0 Å². The SMILES string of the molecule is COC(=O)c1ccc(-c2ccc([C@@H]3[C@H](c4ccccn4)NC(=S)N3CC(C)C)o2)cc1. The van der Waals surface area contributed by atoms with Gasteiger partial charge in [-0.05, 0) is 54.5 Å². The molecule has 2 atom stereocenters. The fourth-order valence-electron chi connectivity index (χ4n) is 3.86. The summed E-state index contributed by atoms with van der Waals surface area (Å²) in [6.07, 6.45) is 1.79. The number of hydrogen-bond acceptors (Lipinski definition) is 5. The Morgan fingerprint density at radius 3 is 2.61 bits per heavy atom. The molecule has 1 saturated heterocycles. The van der Waals surface area contributed by atoms with Crippen molar-refractivity contribution in [3.8, 4) is 11.3 Å². The maximum atomic E-state index is 11.7. The lowest BCUT2D eigenvalue weighted by Gasteiger charge is -2.27. The highest BCUT2D eigenvalue weighted by Gasteiger charge is 2.41. The molecule has 1 N–H and O–H groups in total. The first-order valence-corrected chi connectivity index (χ1v) is 10.6. The minimum Gasteiger partial charge on any atom is -0.465 e. The van der Waals surface area contributed by atoms with Crippen LogP contribution >= 0.6 is 12.2 Å². The molecule has 0 aliphatic carbocycles. The Bertz CT molecular complexity index is 1060. The Balaban J connectivity index is 1.67. The van der Waals surface area contributed by atoms with Crippen LogP contribution in [0.25, 0.3) is 11.3 Å². The molecule has 3 aromatic rings. The monoisotopic (exact) mass is 435 g/mol. The van der Waals surface area contributed by atoms with Crippen LogP contribution in [-0.2, 0) is 4.74 Å². The van der Waals surface area contributed by atoms with Crippen molar-refractivity contribution in [3.63, 3.8) is 0 Å². The lowest BCUT2D eigenvalue weighted by atomic mass is 10.0. The standard InChI is InChI=1S/C24H25N3O3S/c1-15(2)14-27-22(21(26-24(27)31)18-6-4-5-13-25-18)20-12-11-19(30-20)16-7-9-17(10-8-16)23(28)29-3/h4-13,15,21-22H,14H2,1-3H3,(H,26,31)/t21-,22+/m0/s1. The molecule has 1 aromatic carbocycles. The number of rotatable bonds is 6. The van der Waals surface area contributed by atoms with Crippen molar-refractivity contribution in [2.45, 2.75) is 25.9 Å². The van der Waals surface area contributed by atoms with Crippen molar-refractivity contribution >= 4 is 23.3 Å². The molecule has 6 nitrogen and oxygen atoms in total. The van der Waals surface area contributed by atoms with Crippen molar-refractivity contribution < 1.29 is 13.9 Å². The molecule has 0 unspecified atom stereocenters. The molecule has 3 heterocycles. The number of furan rings is 1. The normalized spacial score (nSPS) is 18.3. The summed E-state index contributed by atoms with van der Waals surface area (Å²) in [5, 5.41) is 4.14. The van der Waals surface area contributed by atoms with Crippen molar-refractivity contribution in [1.29, 1.82) is 0 Å². The van der Waals surface area contributed by atoms with E-state index >= 15 is 0 Å². The van der Waals surface area contributed by atoms with Crippen LogP contribution in [0.15, 0.2) is 65.2 Å². The zero-order chi connectivity index (χ0) is 22.0. The topological polar surface area (TPSA) is 67.6 Å². The average Bonchev–Trinajstić information content (AvgIpc) is 3.39. The number of thiocarbonyl (C=S) groups is 1. The second-order valence-corrected chi connectivity index (χ2v) is 8.33. The van der Waals surface area contributed by atoms with Gasteiger partial charge in [0.15, 0.2) is 5.11 Å². The minimum atomic E-state index is -0.361. The van der Waals surface area contributed by atoms with Gasteiger partial charge in [-0.2, -0.15) is 0 Å². The molecule has 1 fully saturated rings. The average molecular weight is 436 g/mol. The van der Waals surface area contributed by atoms with Gasteiger partial charge in [-0.1, -0.05) is 32.0 Å². The van der Waals surface area contributed by atoms with Gasteiger partial charge in [0.1, 0.15) is 17.6 Å². The van der Waals surface area contributed by atoms with Gasteiger partial charge in [-0.3, -0.25) is 4.98 Å². The number of ether oxygens (including phenoxy) is 1. The molecule has 160 valence electrons. The summed E-state index contributed by atoms with van der Waals surface area (Å²) < 4.78 is 11.1. The Morgan fingerprint density at radius 1 is 1.19 bits per heavy atom. The quantitative estimate of drug-likeness (QED) is 0.442. The smallest absolute Gasteiger partial charge is 0.337 e. The van der Waals surface area contributed by atoms with E-state index in [1.165, 1.54) is 7.11 Å². The highest BCUT2D eigenvalue weighted by molar-refractivity contribution is 7.80. The Kier molecular flexibility index (Phi) is 6.04. The number of methoxy groups -OCH3 is 1. The zero-order valence-corrected chi connectivity index (χ0v) is 18.6. The van der Waals surface area contributed by atoms with E-state index in [1.807, 2.05) is 42.5 Å². The van der Waals surface area contributed by atoms with Gasteiger partial charge in [0.25, 0.3) is 0 Å². The second-order valence-electron chi connectivity index (χ2n) is 7.94. The van der Waals surface area contributed by atoms with Gasteiger partial charge < -0.3 is 19.4 Å². The van der Waals surface area contributed by atoms with Crippen molar-refractivity contribution in [2.24, 2.45) is 5.92 Å². The number of aromatic nitrogens is 1. The highest BCUT2D eigenvalue weighted by Crippen LogP contribution is 2.40. The number of hydrogen-bond donors (Lipinski definition) is 1. The van der Waals surface area contributed by atoms with Crippen molar-refractivity contribution in [2.75, 3.05) is 13.7 Å². The molecule has 0 saturated carbocycles. The van der Waals surface area contributed by atoms with E-state index in [0.29, 0.717) is 16.6 Å². The molecular weight excluding hydrogens is 410 g/mol. The first kappa shape index (κ1) is 21.1.